The fraction of sp³-hybridized carbons (Fsp3) is 0. The Hall–Kier alpha value is -4.11. The molecule has 0 aliphatic heterocycles. The molecule has 0 saturated carbocycles. The van der Waals surface area contributed by atoms with E-state index in [0.717, 1.165) is 32.9 Å². The number of aromatic amines is 1. The zero-order valence-corrected chi connectivity index (χ0v) is 16.1. The van der Waals surface area contributed by atoms with Gasteiger partial charge < -0.3 is 10.1 Å². The summed E-state index contributed by atoms with van der Waals surface area (Å²) in [4.78, 5) is 8.44. The maximum Gasteiger partial charge on any atom is 0.142 e. The third-order valence-corrected chi connectivity index (χ3v) is 5.73. The van der Waals surface area contributed by atoms with Gasteiger partial charge in [-0.15, -0.1) is 0 Å². The molecule has 3 nitrogen and oxygen atoms in total. The summed E-state index contributed by atoms with van der Waals surface area (Å²) < 4.78 is 0. The van der Waals surface area contributed by atoms with Gasteiger partial charge in [0, 0.05) is 10.8 Å². The molecule has 1 aromatic heterocycles. The molecule has 1 heterocycles. The van der Waals surface area contributed by atoms with Crippen molar-refractivity contribution in [3.8, 4) is 28.3 Å². The lowest BCUT2D eigenvalue weighted by Crippen LogP contribution is -1.84. The molecule has 30 heavy (non-hydrogen) atoms. The van der Waals surface area contributed by atoms with Gasteiger partial charge in [-0.05, 0) is 34.0 Å². The third-order valence-electron chi connectivity index (χ3n) is 5.73. The van der Waals surface area contributed by atoms with Gasteiger partial charge in [-0.3, -0.25) is 0 Å². The first-order chi connectivity index (χ1) is 14.8. The standard InChI is InChI=1S/C27H18N2O/c30-24-15-14-18(17-8-2-1-3-9-17)16-23(24)27-28-25-21-12-6-4-10-19(21)20-11-5-7-13-22(20)26(25)29-27/h1-16,30H,(H,28,29). The van der Waals surface area contributed by atoms with Gasteiger partial charge in [0.25, 0.3) is 0 Å². The quantitative estimate of drug-likeness (QED) is 0.318. The molecule has 0 unspecified atom stereocenters. The molecule has 0 radical (unpaired) electrons. The highest BCUT2D eigenvalue weighted by atomic mass is 16.3. The van der Waals surface area contributed by atoms with Crippen molar-refractivity contribution in [2.75, 3.05) is 0 Å². The molecule has 5 aromatic carbocycles. The highest BCUT2D eigenvalue weighted by Gasteiger charge is 2.16. The molecule has 142 valence electrons. The van der Waals surface area contributed by atoms with Gasteiger partial charge in [0.15, 0.2) is 0 Å². The number of H-pyrrole nitrogens is 1. The molecule has 0 fully saturated rings. The van der Waals surface area contributed by atoms with E-state index >= 15 is 0 Å². The van der Waals surface area contributed by atoms with E-state index in [4.69, 9.17) is 4.98 Å². The maximum atomic E-state index is 10.6. The van der Waals surface area contributed by atoms with Crippen LogP contribution in [0.4, 0.5) is 0 Å². The van der Waals surface area contributed by atoms with E-state index in [9.17, 15) is 5.11 Å². The summed E-state index contributed by atoms with van der Waals surface area (Å²) in [7, 11) is 0. The van der Waals surface area contributed by atoms with Gasteiger partial charge in [0.05, 0.1) is 16.6 Å². The molecule has 6 aromatic rings. The minimum absolute atomic E-state index is 0.211. The number of nitrogens with zero attached hydrogens (tertiary/aromatic N) is 1. The summed E-state index contributed by atoms with van der Waals surface area (Å²) in [5, 5.41) is 15.2. The van der Waals surface area contributed by atoms with Gasteiger partial charge in [-0.2, -0.15) is 0 Å². The number of phenolic OH excluding ortho intramolecular Hbond substituents is 1. The van der Waals surface area contributed by atoms with E-state index in [1.807, 2.05) is 42.5 Å². The van der Waals surface area contributed by atoms with Crippen LogP contribution in [0.15, 0.2) is 97.1 Å². The Balaban J connectivity index is 1.65. The van der Waals surface area contributed by atoms with Crippen molar-refractivity contribution < 1.29 is 5.11 Å². The van der Waals surface area contributed by atoms with Crippen LogP contribution in [0.1, 0.15) is 0 Å². The van der Waals surface area contributed by atoms with Crippen molar-refractivity contribution in [2.24, 2.45) is 0 Å². The first kappa shape index (κ1) is 16.8. The van der Waals surface area contributed by atoms with Gasteiger partial charge in [0.2, 0.25) is 0 Å². The largest absolute Gasteiger partial charge is 0.507 e. The van der Waals surface area contributed by atoms with Crippen LogP contribution < -0.4 is 0 Å². The molecule has 0 amide bonds. The molecule has 3 heteroatoms. The Morgan fingerprint density at radius 1 is 0.600 bits per heavy atom. The van der Waals surface area contributed by atoms with Crippen LogP contribution >= 0.6 is 0 Å². The minimum Gasteiger partial charge on any atom is -0.507 e. The Labute approximate surface area is 173 Å². The fourth-order valence-corrected chi connectivity index (χ4v) is 4.29. The van der Waals surface area contributed by atoms with Crippen molar-refractivity contribution in [3.05, 3.63) is 97.1 Å². The number of imidazole rings is 1. The topological polar surface area (TPSA) is 48.9 Å². The van der Waals surface area contributed by atoms with Crippen LogP contribution in [-0.2, 0) is 0 Å². The summed E-state index contributed by atoms with van der Waals surface area (Å²) in [6.07, 6.45) is 0. The highest BCUT2D eigenvalue weighted by molar-refractivity contribution is 6.23. The van der Waals surface area contributed by atoms with Crippen molar-refractivity contribution >= 4 is 32.6 Å². The predicted octanol–water partition coefficient (Wildman–Crippen LogP) is 6.91. The second-order valence-electron chi connectivity index (χ2n) is 7.50. The fourth-order valence-electron chi connectivity index (χ4n) is 4.29. The second kappa shape index (κ2) is 6.46. The lowest BCUT2D eigenvalue weighted by molar-refractivity contribution is 0.477. The molecule has 0 bridgehead atoms. The Morgan fingerprint density at radius 3 is 2.00 bits per heavy atom. The van der Waals surface area contributed by atoms with Crippen molar-refractivity contribution in [3.63, 3.8) is 0 Å². The summed E-state index contributed by atoms with van der Waals surface area (Å²) in [5.41, 5.74) is 4.75. The van der Waals surface area contributed by atoms with E-state index in [-0.39, 0.29) is 5.75 Å². The molecule has 0 atom stereocenters. The van der Waals surface area contributed by atoms with Crippen LogP contribution in [0, 0.1) is 0 Å². The summed E-state index contributed by atoms with van der Waals surface area (Å²) in [6, 6.07) is 32.5. The Bertz CT molecular complexity index is 1480. The van der Waals surface area contributed by atoms with Gasteiger partial charge >= 0.3 is 0 Å². The van der Waals surface area contributed by atoms with Crippen LogP contribution in [0.2, 0.25) is 0 Å². The SMILES string of the molecule is Oc1ccc(-c2ccccc2)cc1-c1nc2c3ccccc3c3ccccc3c2[nH]1. The van der Waals surface area contributed by atoms with Gasteiger partial charge in [0.1, 0.15) is 11.6 Å². The average molecular weight is 386 g/mol. The molecule has 0 aliphatic carbocycles. The third kappa shape index (κ3) is 2.49. The number of aromatic nitrogens is 2. The molecule has 0 aliphatic rings. The van der Waals surface area contributed by atoms with Gasteiger partial charge in [-0.25, -0.2) is 4.98 Å². The molecule has 0 saturated heterocycles. The summed E-state index contributed by atoms with van der Waals surface area (Å²) in [6.45, 7) is 0. The average Bonchev–Trinajstić information content (AvgIpc) is 3.26. The second-order valence-corrected chi connectivity index (χ2v) is 7.50. The number of hydrogen-bond acceptors (Lipinski definition) is 2. The molecular formula is C27H18N2O. The number of nitrogens with one attached hydrogen (secondary N) is 1. The molecule has 2 N–H and O–H groups in total. The first-order valence-electron chi connectivity index (χ1n) is 9.97. The molecular weight excluding hydrogens is 368 g/mol. The lowest BCUT2D eigenvalue weighted by Gasteiger charge is -2.06. The zero-order valence-electron chi connectivity index (χ0n) is 16.1. The van der Waals surface area contributed by atoms with E-state index < -0.39 is 0 Å². The first-order valence-corrected chi connectivity index (χ1v) is 9.97. The lowest BCUT2D eigenvalue weighted by atomic mass is 10.0. The van der Waals surface area contributed by atoms with Crippen LogP contribution in [0.5, 0.6) is 5.75 Å². The number of hydrogen-bond donors (Lipinski definition) is 2. The minimum atomic E-state index is 0.211. The summed E-state index contributed by atoms with van der Waals surface area (Å²) >= 11 is 0. The maximum absolute atomic E-state index is 10.6. The molecule has 6 rings (SSSR count). The van der Waals surface area contributed by atoms with E-state index in [1.165, 1.54) is 10.8 Å². The van der Waals surface area contributed by atoms with E-state index in [2.05, 4.69) is 53.5 Å². The van der Waals surface area contributed by atoms with Crippen molar-refractivity contribution in [1.29, 1.82) is 0 Å². The molecule has 0 spiro atoms. The number of phenols is 1. The Kier molecular flexibility index (Phi) is 3.62. The van der Waals surface area contributed by atoms with Crippen molar-refractivity contribution in [1.82, 2.24) is 9.97 Å². The normalized spacial score (nSPS) is 11.5. The smallest absolute Gasteiger partial charge is 0.142 e. The van der Waals surface area contributed by atoms with Crippen LogP contribution in [0.3, 0.4) is 0 Å². The monoisotopic (exact) mass is 386 g/mol. The number of rotatable bonds is 2. The number of aromatic hydroxyl groups is 1. The number of fused-ring (bicyclic) bond motifs is 6. The Morgan fingerprint density at radius 2 is 1.23 bits per heavy atom. The number of benzene rings is 5. The van der Waals surface area contributed by atoms with Crippen molar-refractivity contribution in [2.45, 2.75) is 0 Å². The van der Waals surface area contributed by atoms with Gasteiger partial charge in [-0.1, -0.05) is 84.9 Å². The zero-order chi connectivity index (χ0) is 20.1. The van der Waals surface area contributed by atoms with Crippen LogP contribution in [-0.4, -0.2) is 15.1 Å². The van der Waals surface area contributed by atoms with Crippen LogP contribution in [0.25, 0.3) is 55.1 Å². The predicted molar refractivity (Wildman–Crippen MR) is 124 cm³/mol. The van der Waals surface area contributed by atoms with E-state index in [0.29, 0.717) is 11.4 Å². The highest BCUT2D eigenvalue weighted by Crippen LogP contribution is 2.38. The summed E-state index contributed by atoms with van der Waals surface area (Å²) in [5.74, 6) is 0.879. The van der Waals surface area contributed by atoms with E-state index in [1.54, 1.807) is 6.07 Å².